The Kier molecular flexibility index (Phi) is 2.50. The van der Waals surface area contributed by atoms with Gasteiger partial charge < -0.3 is 10.5 Å². The lowest BCUT2D eigenvalue weighted by atomic mass is 10.0. The fourth-order valence-electron chi connectivity index (χ4n) is 1.69. The summed E-state index contributed by atoms with van der Waals surface area (Å²) in [5, 5.41) is 0. The van der Waals surface area contributed by atoms with Gasteiger partial charge in [0.1, 0.15) is 6.10 Å². The summed E-state index contributed by atoms with van der Waals surface area (Å²) in [6, 6.07) is 9.53. The van der Waals surface area contributed by atoms with E-state index in [1.54, 1.807) is 0 Å². The third-order valence-corrected chi connectivity index (χ3v) is 2.50. The van der Waals surface area contributed by atoms with Crippen LogP contribution in [0.1, 0.15) is 24.4 Å². The first-order chi connectivity index (χ1) is 6.77. The fourth-order valence-corrected chi connectivity index (χ4v) is 1.69. The van der Waals surface area contributed by atoms with Crippen molar-refractivity contribution in [3.8, 4) is 0 Å². The molecule has 3 nitrogen and oxygen atoms in total. The van der Waals surface area contributed by atoms with E-state index >= 15 is 0 Å². The van der Waals surface area contributed by atoms with Crippen LogP contribution < -0.4 is 5.73 Å². The third-order valence-electron chi connectivity index (χ3n) is 2.50. The van der Waals surface area contributed by atoms with E-state index in [0.29, 0.717) is 6.42 Å². The van der Waals surface area contributed by atoms with Crippen molar-refractivity contribution in [1.82, 2.24) is 0 Å². The topological polar surface area (TPSA) is 52.3 Å². The van der Waals surface area contributed by atoms with Gasteiger partial charge in [-0.05, 0) is 12.0 Å². The zero-order chi connectivity index (χ0) is 9.97. The smallest absolute Gasteiger partial charge is 0.306 e. The van der Waals surface area contributed by atoms with Gasteiger partial charge in [-0.3, -0.25) is 4.79 Å². The normalized spacial score (nSPS) is 23.2. The minimum Gasteiger partial charge on any atom is -0.460 e. The highest BCUT2D eigenvalue weighted by Crippen LogP contribution is 2.25. The fraction of sp³-hybridized carbons (Fsp3) is 0.364. The number of nitrogens with two attached hydrogens (primary N) is 1. The zero-order valence-electron chi connectivity index (χ0n) is 7.85. The quantitative estimate of drug-likeness (QED) is 0.719. The summed E-state index contributed by atoms with van der Waals surface area (Å²) in [4.78, 5) is 10.9. The number of hydrogen-bond donors (Lipinski definition) is 1. The van der Waals surface area contributed by atoms with E-state index in [-0.39, 0.29) is 18.1 Å². The molecule has 3 heteroatoms. The molecule has 14 heavy (non-hydrogen) atoms. The molecule has 1 aliphatic rings. The molecule has 0 aromatic heterocycles. The predicted molar refractivity (Wildman–Crippen MR) is 52.5 cm³/mol. The van der Waals surface area contributed by atoms with Crippen molar-refractivity contribution in [2.75, 3.05) is 0 Å². The number of cyclic esters (lactones) is 1. The Morgan fingerprint density at radius 1 is 1.36 bits per heavy atom. The summed E-state index contributed by atoms with van der Waals surface area (Å²) >= 11 is 0. The van der Waals surface area contributed by atoms with Gasteiger partial charge in [0.25, 0.3) is 0 Å². The minimum atomic E-state index is -0.192. The number of carbonyl (C=O) groups excluding carboxylic acids is 1. The Morgan fingerprint density at radius 3 is 2.64 bits per heavy atom. The Morgan fingerprint density at radius 2 is 2.07 bits per heavy atom. The molecular formula is C11H13NO2. The van der Waals surface area contributed by atoms with Crippen LogP contribution in [0.4, 0.5) is 0 Å². The van der Waals surface area contributed by atoms with E-state index < -0.39 is 0 Å². The average molecular weight is 191 g/mol. The molecule has 0 aliphatic carbocycles. The first-order valence-corrected chi connectivity index (χ1v) is 4.77. The molecule has 2 rings (SSSR count). The van der Waals surface area contributed by atoms with Gasteiger partial charge in [-0.1, -0.05) is 30.3 Å². The van der Waals surface area contributed by atoms with Crippen molar-refractivity contribution >= 4 is 5.97 Å². The Balaban J connectivity index is 2.09. The second-order valence-electron chi connectivity index (χ2n) is 3.50. The summed E-state index contributed by atoms with van der Waals surface area (Å²) in [6.45, 7) is 0. The lowest BCUT2D eigenvalue weighted by molar-refractivity contribution is -0.142. The van der Waals surface area contributed by atoms with Crippen molar-refractivity contribution in [3.63, 3.8) is 0 Å². The van der Waals surface area contributed by atoms with Crippen LogP contribution in [0.2, 0.25) is 0 Å². The van der Waals surface area contributed by atoms with Crippen LogP contribution in [0.3, 0.4) is 0 Å². The van der Waals surface area contributed by atoms with Crippen molar-refractivity contribution in [2.24, 2.45) is 5.73 Å². The molecule has 1 fully saturated rings. The molecule has 0 saturated carbocycles. The second kappa shape index (κ2) is 3.80. The molecule has 0 unspecified atom stereocenters. The summed E-state index contributed by atoms with van der Waals surface area (Å²) in [7, 11) is 0. The van der Waals surface area contributed by atoms with Gasteiger partial charge in [-0.2, -0.15) is 0 Å². The highest BCUT2D eigenvalue weighted by molar-refractivity contribution is 5.71. The molecule has 1 aromatic carbocycles. The molecule has 74 valence electrons. The van der Waals surface area contributed by atoms with Gasteiger partial charge in [0.05, 0.1) is 6.04 Å². The van der Waals surface area contributed by atoms with E-state index in [1.165, 1.54) is 0 Å². The Labute approximate surface area is 82.9 Å². The number of ether oxygens (including phenoxy) is 1. The van der Waals surface area contributed by atoms with E-state index in [2.05, 4.69) is 0 Å². The maximum Gasteiger partial charge on any atom is 0.306 e. The van der Waals surface area contributed by atoms with E-state index in [0.717, 1.165) is 12.0 Å². The first kappa shape index (κ1) is 9.21. The molecule has 0 bridgehead atoms. The number of hydrogen-bond acceptors (Lipinski definition) is 3. The zero-order valence-corrected chi connectivity index (χ0v) is 7.85. The van der Waals surface area contributed by atoms with Gasteiger partial charge in [-0.15, -0.1) is 0 Å². The molecule has 1 saturated heterocycles. The lowest BCUT2D eigenvalue weighted by Gasteiger charge is -2.17. The van der Waals surface area contributed by atoms with Crippen molar-refractivity contribution in [1.29, 1.82) is 0 Å². The van der Waals surface area contributed by atoms with E-state index in [9.17, 15) is 4.79 Å². The summed E-state index contributed by atoms with van der Waals surface area (Å²) < 4.78 is 5.11. The average Bonchev–Trinajstić information content (AvgIpc) is 2.65. The lowest BCUT2D eigenvalue weighted by Crippen LogP contribution is -2.25. The van der Waals surface area contributed by atoms with Crippen LogP contribution in [0.5, 0.6) is 0 Å². The molecule has 0 spiro atoms. The highest BCUT2D eigenvalue weighted by Gasteiger charge is 2.29. The van der Waals surface area contributed by atoms with Crippen molar-refractivity contribution in [3.05, 3.63) is 35.9 Å². The van der Waals surface area contributed by atoms with Crippen LogP contribution in [-0.2, 0) is 9.53 Å². The summed E-state index contributed by atoms with van der Waals surface area (Å²) in [5.74, 6) is -0.138. The summed E-state index contributed by atoms with van der Waals surface area (Å²) in [5.41, 5.74) is 7.01. The monoisotopic (exact) mass is 191 g/mol. The van der Waals surface area contributed by atoms with Crippen LogP contribution in [0.15, 0.2) is 30.3 Å². The van der Waals surface area contributed by atoms with Crippen molar-refractivity contribution < 1.29 is 9.53 Å². The van der Waals surface area contributed by atoms with E-state index in [1.807, 2.05) is 30.3 Å². The van der Waals surface area contributed by atoms with Crippen LogP contribution >= 0.6 is 0 Å². The summed E-state index contributed by atoms with van der Waals surface area (Å²) in [6.07, 6.45) is 1.07. The molecule has 0 amide bonds. The molecule has 1 aliphatic heterocycles. The Hall–Kier alpha value is -1.35. The maximum absolute atomic E-state index is 10.9. The third kappa shape index (κ3) is 1.77. The number of rotatable bonds is 2. The van der Waals surface area contributed by atoms with Crippen LogP contribution in [-0.4, -0.2) is 12.1 Å². The first-order valence-electron chi connectivity index (χ1n) is 4.77. The van der Waals surface area contributed by atoms with Gasteiger partial charge >= 0.3 is 5.97 Å². The van der Waals surface area contributed by atoms with Gasteiger partial charge in [0.2, 0.25) is 0 Å². The number of carbonyl (C=O) groups is 1. The Bertz CT molecular complexity index is 323. The van der Waals surface area contributed by atoms with Crippen LogP contribution in [0, 0.1) is 0 Å². The maximum atomic E-state index is 10.9. The molecular weight excluding hydrogens is 178 g/mol. The van der Waals surface area contributed by atoms with Gasteiger partial charge in [0, 0.05) is 6.42 Å². The number of esters is 1. The van der Waals surface area contributed by atoms with Crippen molar-refractivity contribution in [2.45, 2.75) is 25.0 Å². The van der Waals surface area contributed by atoms with E-state index in [4.69, 9.17) is 10.5 Å². The molecule has 1 aromatic rings. The van der Waals surface area contributed by atoms with Gasteiger partial charge in [0.15, 0.2) is 0 Å². The van der Waals surface area contributed by atoms with Crippen LogP contribution in [0.25, 0.3) is 0 Å². The van der Waals surface area contributed by atoms with Gasteiger partial charge in [-0.25, -0.2) is 0 Å². The molecule has 2 atom stereocenters. The predicted octanol–water partition coefficient (Wildman–Crippen LogP) is 1.39. The highest BCUT2D eigenvalue weighted by atomic mass is 16.5. The minimum absolute atomic E-state index is 0.138. The molecule has 1 heterocycles. The molecule has 0 radical (unpaired) electrons. The SMILES string of the molecule is N[C@@H](c1ccccc1)[C@H]1CCC(=O)O1. The number of benzene rings is 1. The standard InChI is InChI=1S/C11H13NO2/c12-11(8-4-2-1-3-5-8)9-6-7-10(13)14-9/h1-5,9,11H,6-7,12H2/t9-,11+/m1/s1. The largest absolute Gasteiger partial charge is 0.460 e. The second-order valence-corrected chi connectivity index (χ2v) is 3.50. The molecule has 2 N–H and O–H groups in total.